The molecule has 1 atom stereocenters. The molecule has 1 saturated heterocycles. The number of hydrogen-bond donors (Lipinski definition) is 1. The highest BCUT2D eigenvalue weighted by Crippen LogP contribution is 2.29. The minimum atomic E-state index is -0.803. The highest BCUT2D eigenvalue weighted by molar-refractivity contribution is 5.94. The molecule has 1 aliphatic rings. The molecule has 0 aromatic heterocycles. The number of benzene rings is 2. The van der Waals surface area contributed by atoms with Crippen molar-refractivity contribution < 1.29 is 14.7 Å². The normalized spacial score (nSPS) is 16.2. The molecule has 160 valence electrons. The molecule has 1 amide bonds. The predicted molar refractivity (Wildman–Crippen MR) is 119 cm³/mol. The lowest BCUT2D eigenvalue weighted by Gasteiger charge is -2.41. The van der Waals surface area contributed by atoms with Crippen molar-refractivity contribution in [2.75, 3.05) is 18.0 Å². The molecule has 5 heteroatoms. The molecular weight excluding hydrogens is 376 g/mol. The van der Waals surface area contributed by atoms with Gasteiger partial charge in [0.2, 0.25) is 5.91 Å². The van der Waals surface area contributed by atoms with Crippen molar-refractivity contribution in [2.45, 2.75) is 57.5 Å². The fourth-order valence-corrected chi connectivity index (χ4v) is 4.29. The lowest BCUT2D eigenvalue weighted by molar-refractivity contribution is -0.137. The molecule has 1 N–H and O–H groups in total. The molecule has 0 saturated carbocycles. The van der Waals surface area contributed by atoms with E-state index in [2.05, 4.69) is 36.1 Å². The lowest BCUT2D eigenvalue weighted by Crippen LogP contribution is -2.48. The number of carbonyl (C=O) groups is 2. The molecule has 3 rings (SSSR count). The SMILES string of the molecule is CC(c1ccccc1)N1CCC(N(C(=O)CCCCC(=O)O)c2ccccc2)CC1. The Morgan fingerprint density at radius 3 is 2.13 bits per heavy atom. The van der Waals surface area contributed by atoms with Crippen LogP contribution in [0.4, 0.5) is 5.69 Å². The maximum atomic E-state index is 13.1. The summed E-state index contributed by atoms with van der Waals surface area (Å²) in [4.78, 5) is 28.3. The van der Waals surface area contributed by atoms with Gasteiger partial charge in [0.15, 0.2) is 0 Å². The van der Waals surface area contributed by atoms with Crippen LogP contribution in [0.25, 0.3) is 0 Å². The Kier molecular flexibility index (Phi) is 8.03. The number of carbonyl (C=O) groups excluding carboxylic acids is 1. The van der Waals surface area contributed by atoms with Crippen molar-refractivity contribution in [3.63, 3.8) is 0 Å². The van der Waals surface area contributed by atoms with Crippen LogP contribution in [0, 0.1) is 0 Å². The monoisotopic (exact) mass is 408 g/mol. The van der Waals surface area contributed by atoms with Gasteiger partial charge in [0.05, 0.1) is 0 Å². The van der Waals surface area contributed by atoms with Gasteiger partial charge in [-0.2, -0.15) is 0 Å². The summed E-state index contributed by atoms with van der Waals surface area (Å²) < 4.78 is 0. The van der Waals surface area contributed by atoms with E-state index in [0.29, 0.717) is 25.3 Å². The number of aliphatic carboxylic acids is 1. The molecule has 2 aromatic carbocycles. The molecule has 5 nitrogen and oxygen atoms in total. The van der Waals surface area contributed by atoms with E-state index in [1.165, 1.54) is 5.56 Å². The van der Waals surface area contributed by atoms with E-state index in [0.717, 1.165) is 31.6 Å². The topological polar surface area (TPSA) is 60.9 Å². The Labute approximate surface area is 179 Å². The third-order valence-electron chi connectivity index (χ3n) is 6.03. The molecule has 0 spiro atoms. The van der Waals surface area contributed by atoms with Gasteiger partial charge in [-0.25, -0.2) is 0 Å². The number of anilines is 1. The van der Waals surface area contributed by atoms with Gasteiger partial charge in [-0.3, -0.25) is 14.5 Å². The van der Waals surface area contributed by atoms with Crippen LogP contribution < -0.4 is 4.90 Å². The molecule has 1 unspecified atom stereocenters. The maximum absolute atomic E-state index is 13.1. The van der Waals surface area contributed by atoms with Crippen molar-refractivity contribution in [1.82, 2.24) is 4.90 Å². The summed E-state index contributed by atoms with van der Waals surface area (Å²) in [6.07, 6.45) is 3.53. The van der Waals surface area contributed by atoms with Crippen LogP contribution in [-0.4, -0.2) is 41.0 Å². The fourth-order valence-electron chi connectivity index (χ4n) is 4.29. The average molecular weight is 409 g/mol. The van der Waals surface area contributed by atoms with Gasteiger partial charge < -0.3 is 10.0 Å². The quantitative estimate of drug-likeness (QED) is 0.600. The Morgan fingerprint density at radius 1 is 0.967 bits per heavy atom. The van der Waals surface area contributed by atoms with E-state index < -0.39 is 5.97 Å². The molecule has 30 heavy (non-hydrogen) atoms. The van der Waals surface area contributed by atoms with Gasteiger partial charge in [0, 0.05) is 43.7 Å². The average Bonchev–Trinajstić information content (AvgIpc) is 2.78. The molecule has 0 aliphatic carbocycles. The van der Waals surface area contributed by atoms with Crippen LogP contribution in [0.3, 0.4) is 0 Å². The number of carboxylic acids is 1. The second-order valence-corrected chi connectivity index (χ2v) is 8.05. The van der Waals surface area contributed by atoms with E-state index in [4.69, 9.17) is 5.11 Å². The molecule has 1 aliphatic heterocycles. The number of para-hydroxylation sites is 1. The van der Waals surface area contributed by atoms with Crippen LogP contribution in [0.5, 0.6) is 0 Å². The Morgan fingerprint density at radius 2 is 1.53 bits per heavy atom. The summed E-state index contributed by atoms with van der Waals surface area (Å²) in [6, 6.07) is 21.0. The van der Waals surface area contributed by atoms with E-state index in [9.17, 15) is 9.59 Å². The maximum Gasteiger partial charge on any atom is 0.303 e. The van der Waals surface area contributed by atoms with Crippen LogP contribution in [0.15, 0.2) is 60.7 Å². The van der Waals surface area contributed by atoms with Crippen molar-refractivity contribution in [3.05, 3.63) is 66.2 Å². The first-order valence-electron chi connectivity index (χ1n) is 10.9. The standard InChI is InChI=1S/C25H32N2O3/c1-20(21-10-4-2-5-11-21)26-18-16-23(17-19-26)27(22-12-6-3-7-13-22)24(28)14-8-9-15-25(29)30/h2-7,10-13,20,23H,8-9,14-19H2,1H3,(H,29,30). The highest BCUT2D eigenvalue weighted by atomic mass is 16.4. The van der Waals surface area contributed by atoms with Gasteiger partial charge in [0.25, 0.3) is 0 Å². The van der Waals surface area contributed by atoms with Crippen molar-refractivity contribution >= 4 is 17.6 Å². The molecule has 1 heterocycles. The van der Waals surface area contributed by atoms with Crippen molar-refractivity contribution in [1.29, 1.82) is 0 Å². The number of piperidine rings is 1. The van der Waals surface area contributed by atoms with Crippen LogP contribution in [0.2, 0.25) is 0 Å². The zero-order valence-corrected chi connectivity index (χ0v) is 17.7. The summed E-state index contributed by atoms with van der Waals surface area (Å²) in [5.41, 5.74) is 2.26. The molecular formula is C25H32N2O3. The molecule has 2 aromatic rings. The number of rotatable bonds is 9. The largest absolute Gasteiger partial charge is 0.481 e. The lowest BCUT2D eigenvalue weighted by atomic mass is 9.98. The number of unbranched alkanes of at least 4 members (excludes halogenated alkanes) is 1. The number of carboxylic acid groups (broad SMARTS) is 1. The van der Waals surface area contributed by atoms with Gasteiger partial charge in [-0.05, 0) is 50.3 Å². The predicted octanol–water partition coefficient (Wildman–Crippen LogP) is 4.89. The van der Waals surface area contributed by atoms with E-state index in [1.807, 2.05) is 41.3 Å². The molecule has 0 radical (unpaired) electrons. The first-order valence-corrected chi connectivity index (χ1v) is 10.9. The van der Waals surface area contributed by atoms with E-state index in [-0.39, 0.29) is 18.4 Å². The Hall–Kier alpha value is -2.66. The highest BCUT2D eigenvalue weighted by Gasteiger charge is 2.30. The van der Waals surface area contributed by atoms with Crippen molar-refractivity contribution in [2.24, 2.45) is 0 Å². The van der Waals surface area contributed by atoms with E-state index >= 15 is 0 Å². The number of amides is 1. The number of nitrogens with zero attached hydrogens (tertiary/aromatic N) is 2. The van der Waals surface area contributed by atoms with Gasteiger partial charge in [0.1, 0.15) is 0 Å². The second-order valence-electron chi connectivity index (χ2n) is 8.05. The number of likely N-dealkylation sites (tertiary alicyclic amines) is 1. The smallest absolute Gasteiger partial charge is 0.303 e. The first-order chi connectivity index (χ1) is 14.6. The summed E-state index contributed by atoms with van der Waals surface area (Å²) in [5, 5.41) is 8.82. The Bertz CT molecular complexity index is 802. The van der Waals surface area contributed by atoms with Gasteiger partial charge in [-0.1, -0.05) is 48.5 Å². The second kappa shape index (κ2) is 10.9. The molecule has 1 fully saturated rings. The molecule has 0 bridgehead atoms. The number of hydrogen-bond acceptors (Lipinski definition) is 3. The third kappa shape index (κ3) is 5.92. The summed E-state index contributed by atoms with van der Waals surface area (Å²) >= 11 is 0. The summed E-state index contributed by atoms with van der Waals surface area (Å²) in [5.74, 6) is -0.705. The van der Waals surface area contributed by atoms with Gasteiger partial charge in [-0.15, -0.1) is 0 Å². The minimum absolute atomic E-state index is 0.0983. The van der Waals surface area contributed by atoms with Gasteiger partial charge >= 0.3 is 5.97 Å². The minimum Gasteiger partial charge on any atom is -0.481 e. The van der Waals surface area contributed by atoms with Crippen LogP contribution in [-0.2, 0) is 9.59 Å². The third-order valence-corrected chi connectivity index (χ3v) is 6.03. The van der Waals surface area contributed by atoms with Crippen LogP contribution in [0.1, 0.15) is 57.1 Å². The van der Waals surface area contributed by atoms with E-state index in [1.54, 1.807) is 0 Å². The fraction of sp³-hybridized carbons (Fsp3) is 0.440. The summed E-state index contributed by atoms with van der Waals surface area (Å²) in [6.45, 7) is 4.16. The summed E-state index contributed by atoms with van der Waals surface area (Å²) in [7, 11) is 0. The zero-order chi connectivity index (χ0) is 21.3. The zero-order valence-electron chi connectivity index (χ0n) is 17.7. The Balaban J connectivity index is 1.63. The van der Waals surface area contributed by atoms with Crippen LogP contribution >= 0.6 is 0 Å². The van der Waals surface area contributed by atoms with Crippen molar-refractivity contribution in [3.8, 4) is 0 Å². The first kappa shape index (κ1) is 22.0.